The average Bonchev–Trinajstić information content (AvgIpc) is 2.88. The van der Waals surface area contributed by atoms with Gasteiger partial charge in [-0.3, -0.25) is 5.10 Å². The largest absolute Gasteiger partial charge is 0.380 e. The SMILES string of the molecule is Clc1ccc(Br)c(CNc2cccc3[nH]ncc23)c1. The van der Waals surface area contributed by atoms with Crippen molar-refractivity contribution in [2.75, 3.05) is 5.32 Å². The van der Waals surface area contributed by atoms with Gasteiger partial charge in [0.05, 0.1) is 11.7 Å². The van der Waals surface area contributed by atoms with Gasteiger partial charge in [-0.15, -0.1) is 0 Å². The summed E-state index contributed by atoms with van der Waals surface area (Å²) in [5.41, 5.74) is 3.20. The number of nitrogens with zero attached hydrogens (tertiary/aromatic N) is 1. The Morgan fingerprint density at radius 3 is 3.05 bits per heavy atom. The summed E-state index contributed by atoms with van der Waals surface area (Å²) < 4.78 is 1.05. The smallest absolute Gasteiger partial charge is 0.0671 e. The number of fused-ring (bicyclic) bond motifs is 1. The summed E-state index contributed by atoms with van der Waals surface area (Å²) in [6.45, 7) is 0.700. The molecule has 0 radical (unpaired) electrons. The highest BCUT2D eigenvalue weighted by Crippen LogP contribution is 2.25. The lowest BCUT2D eigenvalue weighted by molar-refractivity contribution is 1.12. The minimum atomic E-state index is 0.700. The molecule has 3 aromatic rings. The van der Waals surface area contributed by atoms with Crippen molar-refractivity contribution in [2.24, 2.45) is 0 Å². The minimum absolute atomic E-state index is 0.700. The van der Waals surface area contributed by atoms with Crippen LogP contribution < -0.4 is 5.32 Å². The summed E-state index contributed by atoms with van der Waals surface area (Å²) in [5, 5.41) is 12.2. The Morgan fingerprint density at radius 1 is 1.26 bits per heavy atom. The molecule has 5 heteroatoms. The predicted molar refractivity (Wildman–Crippen MR) is 82.6 cm³/mol. The van der Waals surface area contributed by atoms with Crippen LogP contribution in [0.5, 0.6) is 0 Å². The number of hydrogen-bond donors (Lipinski definition) is 2. The summed E-state index contributed by atoms with van der Waals surface area (Å²) in [6.07, 6.45) is 1.82. The van der Waals surface area contributed by atoms with Gasteiger partial charge in [0.15, 0.2) is 0 Å². The molecule has 0 aliphatic heterocycles. The summed E-state index contributed by atoms with van der Waals surface area (Å²) in [5.74, 6) is 0. The molecule has 3 rings (SSSR count). The van der Waals surface area contributed by atoms with Crippen LogP contribution in [0.4, 0.5) is 5.69 Å². The van der Waals surface area contributed by atoms with Gasteiger partial charge < -0.3 is 5.32 Å². The van der Waals surface area contributed by atoms with Crippen molar-refractivity contribution < 1.29 is 0 Å². The Kier molecular flexibility index (Phi) is 3.44. The predicted octanol–water partition coefficient (Wildman–Crippen LogP) is 4.59. The van der Waals surface area contributed by atoms with Gasteiger partial charge in [0.1, 0.15) is 0 Å². The number of aromatic amines is 1. The first kappa shape index (κ1) is 12.5. The fraction of sp³-hybridized carbons (Fsp3) is 0.0714. The van der Waals surface area contributed by atoms with Crippen LogP contribution in [0.1, 0.15) is 5.56 Å². The van der Waals surface area contributed by atoms with E-state index < -0.39 is 0 Å². The maximum atomic E-state index is 6.01. The van der Waals surface area contributed by atoms with Crippen LogP contribution in [0.25, 0.3) is 10.9 Å². The van der Waals surface area contributed by atoms with Crippen molar-refractivity contribution >= 4 is 44.1 Å². The number of H-pyrrole nitrogens is 1. The molecule has 0 aliphatic rings. The van der Waals surface area contributed by atoms with Crippen molar-refractivity contribution in [1.29, 1.82) is 0 Å². The summed E-state index contributed by atoms with van der Waals surface area (Å²) in [4.78, 5) is 0. The molecule has 96 valence electrons. The van der Waals surface area contributed by atoms with Gasteiger partial charge in [0.2, 0.25) is 0 Å². The van der Waals surface area contributed by atoms with E-state index in [0.717, 1.165) is 31.6 Å². The first-order valence-corrected chi connectivity index (χ1v) is 7.01. The molecule has 0 spiro atoms. The molecule has 3 nitrogen and oxygen atoms in total. The highest BCUT2D eigenvalue weighted by molar-refractivity contribution is 9.10. The third-order valence-electron chi connectivity index (χ3n) is 2.96. The molecule has 0 bridgehead atoms. The maximum Gasteiger partial charge on any atom is 0.0671 e. The van der Waals surface area contributed by atoms with E-state index in [1.807, 2.05) is 42.6 Å². The number of anilines is 1. The molecule has 0 saturated heterocycles. The topological polar surface area (TPSA) is 40.7 Å². The first-order valence-electron chi connectivity index (χ1n) is 5.84. The van der Waals surface area contributed by atoms with Crippen LogP contribution in [0.15, 0.2) is 47.1 Å². The Balaban J connectivity index is 1.86. The van der Waals surface area contributed by atoms with Crippen LogP contribution in [0.3, 0.4) is 0 Å². The van der Waals surface area contributed by atoms with Gasteiger partial charge >= 0.3 is 0 Å². The van der Waals surface area contributed by atoms with Crippen molar-refractivity contribution in [1.82, 2.24) is 10.2 Å². The number of hydrogen-bond acceptors (Lipinski definition) is 2. The van der Waals surface area contributed by atoms with Crippen molar-refractivity contribution in [3.8, 4) is 0 Å². The highest BCUT2D eigenvalue weighted by Gasteiger charge is 2.04. The molecular formula is C14H11BrClN3. The first-order chi connectivity index (χ1) is 9.24. The monoisotopic (exact) mass is 335 g/mol. The third kappa shape index (κ3) is 2.60. The zero-order valence-electron chi connectivity index (χ0n) is 9.95. The lowest BCUT2D eigenvalue weighted by atomic mass is 10.2. The van der Waals surface area contributed by atoms with E-state index in [2.05, 4.69) is 31.4 Å². The molecule has 0 aliphatic carbocycles. The summed E-state index contributed by atoms with van der Waals surface area (Å²) in [7, 11) is 0. The van der Waals surface area contributed by atoms with E-state index in [4.69, 9.17) is 11.6 Å². The molecule has 0 atom stereocenters. The number of rotatable bonds is 3. The maximum absolute atomic E-state index is 6.01. The van der Waals surface area contributed by atoms with Crippen molar-refractivity contribution in [2.45, 2.75) is 6.54 Å². The molecule has 0 amide bonds. The third-order valence-corrected chi connectivity index (χ3v) is 3.97. The molecule has 2 N–H and O–H groups in total. The Labute approximate surface area is 124 Å². The quantitative estimate of drug-likeness (QED) is 0.734. The zero-order valence-corrected chi connectivity index (χ0v) is 12.3. The normalized spacial score (nSPS) is 10.8. The number of halogens is 2. The van der Waals surface area contributed by atoms with E-state index in [1.54, 1.807) is 0 Å². The Morgan fingerprint density at radius 2 is 2.16 bits per heavy atom. The second-order valence-electron chi connectivity index (χ2n) is 4.23. The van der Waals surface area contributed by atoms with E-state index in [0.29, 0.717) is 6.54 Å². The second-order valence-corrected chi connectivity index (χ2v) is 5.52. The molecule has 2 aromatic carbocycles. The van der Waals surface area contributed by atoms with Gasteiger partial charge in [-0.25, -0.2) is 0 Å². The van der Waals surface area contributed by atoms with Gasteiger partial charge in [-0.2, -0.15) is 5.10 Å². The zero-order chi connectivity index (χ0) is 13.2. The van der Waals surface area contributed by atoms with Crippen molar-refractivity contribution in [3.63, 3.8) is 0 Å². The minimum Gasteiger partial charge on any atom is -0.380 e. The van der Waals surface area contributed by atoms with Crippen LogP contribution in [0, 0.1) is 0 Å². The van der Waals surface area contributed by atoms with Crippen molar-refractivity contribution in [3.05, 3.63) is 57.7 Å². The van der Waals surface area contributed by atoms with E-state index in [-0.39, 0.29) is 0 Å². The number of aromatic nitrogens is 2. The van der Waals surface area contributed by atoms with Gasteiger partial charge in [0, 0.05) is 27.1 Å². The summed E-state index contributed by atoms with van der Waals surface area (Å²) in [6, 6.07) is 11.8. The van der Waals surface area contributed by atoms with Crippen LogP contribution in [-0.2, 0) is 6.54 Å². The lowest BCUT2D eigenvalue weighted by Gasteiger charge is -2.09. The Bertz CT molecular complexity index is 724. The number of benzene rings is 2. The molecule has 1 heterocycles. The molecule has 19 heavy (non-hydrogen) atoms. The molecular weight excluding hydrogens is 326 g/mol. The average molecular weight is 337 g/mol. The summed E-state index contributed by atoms with van der Waals surface area (Å²) >= 11 is 9.54. The van der Waals surface area contributed by atoms with E-state index >= 15 is 0 Å². The Hall–Kier alpha value is -1.52. The highest BCUT2D eigenvalue weighted by atomic mass is 79.9. The van der Waals surface area contributed by atoms with Gasteiger partial charge in [-0.1, -0.05) is 33.6 Å². The van der Waals surface area contributed by atoms with Crippen LogP contribution in [0.2, 0.25) is 5.02 Å². The van der Waals surface area contributed by atoms with Gasteiger partial charge in [0.25, 0.3) is 0 Å². The fourth-order valence-corrected chi connectivity index (χ4v) is 2.57. The molecule has 0 fully saturated rings. The molecule has 0 saturated carbocycles. The van der Waals surface area contributed by atoms with Crippen LogP contribution >= 0.6 is 27.5 Å². The fourth-order valence-electron chi connectivity index (χ4n) is 1.99. The standard InChI is InChI=1S/C14H11BrClN3/c15-12-5-4-10(16)6-9(12)7-17-13-2-1-3-14-11(13)8-18-19-14/h1-6,8,17H,7H2,(H,18,19). The second kappa shape index (κ2) is 5.23. The van der Waals surface area contributed by atoms with E-state index in [1.165, 1.54) is 0 Å². The lowest BCUT2D eigenvalue weighted by Crippen LogP contribution is -2.00. The van der Waals surface area contributed by atoms with Gasteiger partial charge in [-0.05, 0) is 35.9 Å². The van der Waals surface area contributed by atoms with E-state index in [9.17, 15) is 0 Å². The molecule has 1 aromatic heterocycles. The van der Waals surface area contributed by atoms with Crippen LogP contribution in [-0.4, -0.2) is 10.2 Å². The number of nitrogens with one attached hydrogen (secondary N) is 2. The molecule has 0 unspecified atom stereocenters.